The molecule has 0 aromatic carbocycles. The average molecular weight is 481 g/mol. The molecule has 1 fully saturated rings. The first-order valence-corrected chi connectivity index (χ1v) is 11.5. The Morgan fingerprint density at radius 1 is 1.33 bits per heavy atom. The van der Waals surface area contributed by atoms with Crippen LogP contribution >= 0.6 is 0 Å². The number of hydrogen-bond acceptors (Lipinski definition) is 8. The summed E-state index contributed by atoms with van der Waals surface area (Å²) in [5.41, 5.74) is 0.484. The predicted molar refractivity (Wildman–Crippen MR) is 112 cm³/mol. The lowest BCUT2D eigenvalue weighted by Gasteiger charge is -2.17. The number of carbonyl (C=O) groups excluding carboxylic acids is 1. The van der Waals surface area contributed by atoms with Crippen molar-refractivity contribution in [1.29, 1.82) is 0 Å². The largest absolute Gasteiger partial charge is 0.434 e. The maximum atomic E-state index is 14.5. The summed E-state index contributed by atoms with van der Waals surface area (Å²) < 4.78 is 60.6. The predicted octanol–water partition coefficient (Wildman–Crippen LogP) is 2.04. The van der Waals surface area contributed by atoms with E-state index in [1.54, 1.807) is 23.0 Å². The maximum absolute atomic E-state index is 14.5. The van der Waals surface area contributed by atoms with Crippen LogP contribution in [0.25, 0.3) is 0 Å². The van der Waals surface area contributed by atoms with E-state index in [0.29, 0.717) is 11.3 Å². The molecule has 3 atom stereocenters. The Kier molecular flexibility index (Phi) is 6.54. The van der Waals surface area contributed by atoms with Gasteiger partial charge in [0.2, 0.25) is 0 Å². The van der Waals surface area contributed by atoms with Crippen molar-refractivity contribution in [2.45, 2.75) is 31.6 Å². The van der Waals surface area contributed by atoms with Crippen molar-refractivity contribution in [2.75, 3.05) is 11.9 Å². The minimum absolute atomic E-state index is 0.0811. The van der Waals surface area contributed by atoms with Gasteiger partial charge in [-0.3, -0.25) is 8.98 Å². The SMILES string of the molecule is NS(=O)(=O)OCC1CC(F)C(Nc2ncncc2C(=O)c2ccn(Cc3ccc(F)o3)c2)C1. The summed E-state index contributed by atoms with van der Waals surface area (Å²) in [5, 5.41) is 7.76. The molecule has 0 saturated heterocycles. The number of nitrogens with zero attached hydrogens (tertiary/aromatic N) is 3. The Morgan fingerprint density at radius 2 is 2.15 bits per heavy atom. The van der Waals surface area contributed by atoms with Gasteiger partial charge in [-0.05, 0) is 30.9 Å². The highest BCUT2D eigenvalue weighted by molar-refractivity contribution is 7.84. The van der Waals surface area contributed by atoms with Crippen LogP contribution in [0, 0.1) is 11.9 Å². The second-order valence-corrected chi connectivity index (χ2v) is 9.00. The third kappa shape index (κ3) is 5.80. The Hall–Kier alpha value is -3.16. The van der Waals surface area contributed by atoms with Gasteiger partial charge in [-0.1, -0.05) is 0 Å². The molecule has 3 N–H and O–H groups in total. The van der Waals surface area contributed by atoms with Crippen molar-refractivity contribution < 1.29 is 30.6 Å². The van der Waals surface area contributed by atoms with Crippen LogP contribution in [-0.2, 0) is 21.0 Å². The quantitative estimate of drug-likeness (QED) is 0.442. The minimum atomic E-state index is -4.11. The highest BCUT2D eigenvalue weighted by Crippen LogP contribution is 2.32. The molecule has 1 aliphatic carbocycles. The molecule has 0 bridgehead atoms. The summed E-state index contributed by atoms with van der Waals surface area (Å²) in [6.07, 6.45) is 4.84. The topological polar surface area (TPSA) is 142 Å². The van der Waals surface area contributed by atoms with E-state index in [1.165, 1.54) is 24.7 Å². The molecule has 1 saturated carbocycles. The number of nitrogens with two attached hydrogens (primary N) is 1. The Bertz CT molecular complexity index is 1240. The molecule has 0 spiro atoms. The maximum Gasteiger partial charge on any atom is 0.333 e. The molecule has 3 aromatic rings. The van der Waals surface area contributed by atoms with Crippen molar-refractivity contribution in [3.63, 3.8) is 0 Å². The number of hydrogen-bond donors (Lipinski definition) is 2. The van der Waals surface area contributed by atoms with Gasteiger partial charge < -0.3 is 14.3 Å². The van der Waals surface area contributed by atoms with Crippen LogP contribution in [0.3, 0.4) is 0 Å². The molecule has 3 aromatic heterocycles. The number of nitrogens with one attached hydrogen (secondary N) is 1. The van der Waals surface area contributed by atoms with Gasteiger partial charge in [0.05, 0.1) is 24.8 Å². The molecule has 0 amide bonds. The minimum Gasteiger partial charge on any atom is -0.434 e. The molecule has 3 unspecified atom stereocenters. The van der Waals surface area contributed by atoms with E-state index in [9.17, 15) is 22.0 Å². The summed E-state index contributed by atoms with van der Waals surface area (Å²) in [6, 6.07) is 2.91. The van der Waals surface area contributed by atoms with Crippen LogP contribution in [0.15, 0.2) is 47.5 Å². The first-order valence-electron chi connectivity index (χ1n) is 10.0. The van der Waals surface area contributed by atoms with Crippen LogP contribution in [-0.4, -0.2) is 47.6 Å². The highest BCUT2D eigenvalue weighted by atomic mass is 32.2. The third-order valence-electron chi connectivity index (χ3n) is 5.31. The second kappa shape index (κ2) is 9.37. The first-order chi connectivity index (χ1) is 15.7. The van der Waals surface area contributed by atoms with Gasteiger partial charge in [0.15, 0.2) is 5.78 Å². The normalized spacial score (nSPS) is 20.8. The fourth-order valence-corrected chi connectivity index (χ4v) is 4.18. The van der Waals surface area contributed by atoms with Gasteiger partial charge in [0, 0.05) is 30.2 Å². The number of aromatic nitrogens is 3. The van der Waals surface area contributed by atoms with E-state index in [1.807, 2.05) is 0 Å². The van der Waals surface area contributed by atoms with Gasteiger partial charge in [-0.15, -0.1) is 0 Å². The molecule has 0 radical (unpaired) electrons. The van der Waals surface area contributed by atoms with Crippen molar-refractivity contribution in [1.82, 2.24) is 14.5 Å². The smallest absolute Gasteiger partial charge is 0.333 e. The van der Waals surface area contributed by atoms with Gasteiger partial charge >= 0.3 is 10.3 Å². The van der Waals surface area contributed by atoms with Gasteiger partial charge in [0.25, 0.3) is 6.01 Å². The highest BCUT2D eigenvalue weighted by Gasteiger charge is 2.36. The fourth-order valence-electron chi connectivity index (χ4n) is 3.79. The number of alkyl halides is 1. The van der Waals surface area contributed by atoms with Gasteiger partial charge in [-0.25, -0.2) is 19.5 Å². The van der Waals surface area contributed by atoms with Crippen molar-refractivity contribution >= 4 is 21.9 Å². The number of rotatable bonds is 9. The van der Waals surface area contributed by atoms with Crippen molar-refractivity contribution in [2.24, 2.45) is 11.1 Å². The van der Waals surface area contributed by atoms with E-state index in [2.05, 4.69) is 19.5 Å². The van der Waals surface area contributed by atoms with Gasteiger partial charge in [-0.2, -0.15) is 12.8 Å². The second-order valence-electron chi connectivity index (χ2n) is 7.77. The molecule has 13 heteroatoms. The summed E-state index contributed by atoms with van der Waals surface area (Å²) >= 11 is 0. The van der Waals surface area contributed by atoms with Crippen LogP contribution < -0.4 is 10.5 Å². The van der Waals surface area contributed by atoms with Crippen molar-refractivity contribution in [3.8, 4) is 0 Å². The van der Waals surface area contributed by atoms with Crippen LogP contribution in [0.4, 0.5) is 14.6 Å². The van der Waals surface area contributed by atoms with E-state index in [-0.39, 0.29) is 49.1 Å². The van der Waals surface area contributed by atoms with E-state index >= 15 is 0 Å². The molecular weight excluding hydrogens is 460 g/mol. The lowest BCUT2D eigenvalue weighted by atomic mass is 10.1. The molecule has 3 heterocycles. The molecule has 1 aliphatic rings. The van der Waals surface area contributed by atoms with Crippen molar-refractivity contribution in [3.05, 3.63) is 66.0 Å². The fraction of sp³-hybridized carbons (Fsp3) is 0.350. The monoisotopic (exact) mass is 481 g/mol. The number of ketones is 1. The Balaban J connectivity index is 1.45. The molecule has 10 nitrogen and oxygen atoms in total. The number of halogens is 2. The Labute approximate surface area is 188 Å². The zero-order chi connectivity index (χ0) is 23.6. The van der Waals surface area contributed by atoms with Crippen LogP contribution in [0.1, 0.15) is 34.5 Å². The molecule has 4 rings (SSSR count). The molecule has 176 valence electrons. The van der Waals surface area contributed by atoms with Crippen LogP contribution in [0.5, 0.6) is 0 Å². The average Bonchev–Trinajstić information content (AvgIpc) is 3.47. The standard InChI is InChI=1S/C20H21F2N5O5S/c21-16-5-12(10-31-33(23,29)30)6-17(16)26-20-15(7-24-11-25-20)19(28)13-3-4-27(8-13)9-14-1-2-18(22)32-14/h1-4,7-8,11-12,16-17H,5-6,9-10H2,(H2,23,29,30)(H,24,25,26). The summed E-state index contributed by atoms with van der Waals surface area (Å²) in [6.45, 7) is 0.0151. The summed E-state index contributed by atoms with van der Waals surface area (Å²) in [7, 11) is -4.11. The zero-order valence-corrected chi connectivity index (χ0v) is 18.0. The first kappa shape index (κ1) is 23.0. The van der Waals surface area contributed by atoms with E-state index in [0.717, 1.165) is 0 Å². The molecule has 33 heavy (non-hydrogen) atoms. The van der Waals surface area contributed by atoms with E-state index < -0.39 is 28.5 Å². The lowest BCUT2D eigenvalue weighted by Crippen LogP contribution is -2.27. The number of anilines is 1. The zero-order valence-electron chi connectivity index (χ0n) is 17.2. The van der Waals surface area contributed by atoms with Crippen LogP contribution in [0.2, 0.25) is 0 Å². The molecular formula is C20H21F2N5O5S. The number of carbonyl (C=O) groups is 1. The van der Waals surface area contributed by atoms with E-state index in [4.69, 9.17) is 9.56 Å². The van der Waals surface area contributed by atoms with Gasteiger partial charge in [0.1, 0.15) is 24.1 Å². The summed E-state index contributed by atoms with van der Waals surface area (Å²) in [5.74, 6) is -0.192. The lowest BCUT2D eigenvalue weighted by molar-refractivity contribution is 0.103. The number of furan rings is 1. The third-order valence-corrected chi connectivity index (χ3v) is 5.77. The summed E-state index contributed by atoms with van der Waals surface area (Å²) in [4.78, 5) is 21.1. The Morgan fingerprint density at radius 3 is 2.88 bits per heavy atom. The molecule has 0 aliphatic heterocycles.